The third-order valence-electron chi connectivity index (χ3n) is 10.8. The van der Waals surface area contributed by atoms with Gasteiger partial charge in [-0.1, -0.05) is 31.2 Å². The summed E-state index contributed by atoms with van der Waals surface area (Å²) in [5, 5.41) is 5.89. The Hall–Kier alpha value is -3.24. The topological polar surface area (TPSA) is 82.6 Å². The Morgan fingerprint density at radius 3 is 2.30 bits per heavy atom. The molecule has 0 radical (unpaired) electrons. The maximum absolute atomic E-state index is 14.0. The van der Waals surface area contributed by atoms with Gasteiger partial charge >= 0.3 is 0 Å². The largest absolute Gasteiger partial charge is 0.379 e. The van der Waals surface area contributed by atoms with Gasteiger partial charge in [0.25, 0.3) is 11.5 Å². The number of aromatic amines is 1. The van der Waals surface area contributed by atoms with Crippen LogP contribution in [0.5, 0.6) is 0 Å². The number of amides is 1. The lowest BCUT2D eigenvalue weighted by molar-refractivity contribution is 0.0342. The monoisotopic (exact) mass is 631 g/mol. The number of aromatic nitrogens is 2. The van der Waals surface area contributed by atoms with Crippen LogP contribution in [0.15, 0.2) is 41.2 Å². The van der Waals surface area contributed by atoms with Gasteiger partial charge < -0.3 is 15.0 Å². The number of hydrogen-bond acceptors (Lipinski definition) is 5. The van der Waals surface area contributed by atoms with Gasteiger partial charge in [-0.15, -0.1) is 0 Å². The zero-order chi connectivity index (χ0) is 33.0. The van der Waals surface area contributed by atoms with E-state index in [1.54, 1.807) is 4.68 Å². The first-order valence-corrected chi connectivity index (χ1v) is 17.1. The molecule has 2 heterocycles. The Kier molecular flexibility index (Phi) is 10.9. The summed E-state index contributed by atoms with van der Waals surface area (Å²) in [7, 11) is 8.59. The van der Waals surface area contributed by atoms with E-state index in [-0.39, 0.29) is 18.0 Å². The number of carbonyl (C=O) groups excluding carboxylic acids is 1. The van der Waals surface area contributed by atoms with Crippen LogP contribution in [-0.2, 0) is 24.9 Å². The van der Waals surface area contributed by atoms with Crippen molar-refractivity contribution in [3.05, 3.63) is 74.7 Å². The summed E-state index contributed by atoms with van der Waals surface area (Å²) in [4.78, 5) is 31.3. The predicted octanol–water partition coefficient (Wildman–Crippen LogP) is 4.98. The van der Waals surface area contributed by atoms with Crippen LogP contribution in [-0.4, -0.2) is 91.6 Å². The Bertz CT molecular complexity index is 1540. The van der Waals surface area contributed by atoms with Crippen molar-refractivity contribution in [2.75, 3.05) is 54.0 Å². The first kappa shape index (κ1) is 34.1. The van der Waals surface area contributed by atoms with Crippen molar-refractivity contribution in [1.82, 2.24) is 29.4 Å². The van der Waals surface area contributed by atoms with E-state index in [1.807, 2.05) is 20.0 Å². The smallest absolute Gasteiger partial charge is 0.269 e. The highest BCUT2D eigenvalue weighted by atomic mass is 16.5. The third-order valence-corrected chi connectivity index (χ3v) is 10.8. The number of aryl methyl sites for hydroxylation is 1. The minimum absolute atomic E-state index is 0.147. The molecule has 1 saturated heterocycles. The van der Waals surface area contributed by atoms with Crippen molar-refractivity contribution in [2.45, 2.75) is 78.0 Å². The summed E-state index contributed by atoms with van der Waals surface area (Å²) in [5.41, 5.74) is 7.62. The molecule has 46 heavy (non-hydrogen) atoms. The molecule has 250 valence electrons. The average Bonchev–Trinajstić information content (AvgIpc) is 3.30. The molecule has 0 spiro atoms. The Morgan fingerprint density at radius 2 is 1.72 bits per heavy atom. The van der Waals surface area contributed by atoms with E-state index >= 15 is 0 Å². The fourth-order valence-corrected chi connectivity index (χ4v) is 7.70. The first-order valence-electron chi connectivity index (χ1n) is 17.1. The summed E-state index contributed by atoms with van der Waals surface area (Å²) in [6, 6.07) is 14.4. The molecule has 2 fully saturated rings. The van der Waals surface area contributed by atoms with E-state index in [2.05, 4.69) is 85.5 Å². The second-order valence-corrected chi connectivity index (χ2v) is 13.9. The normalized spacial score (nSPS) is 20.5. The van der Waals surface area contributed by atoms with Gasteiger partial charge in [0.2, 0.25) is 0 Å². The van der Waals surface area contributed by atoms with Crippen molar-refractivity contribution in [1.29, 1.82) is 0 Å². The first-order chi connectivity index (χ1) is 22.0. The molecule has 2 aliphatic rings. The van der Waals surface area contributed by atoms with Gasteiger partial charge in [-0.05, 0) is 70.0 Å². The van der Waals surface area contributed by atoms with Crippen molar-refractivity contribution in [3.8, 4) is 11.1 Å². The number of ether oxygens (including phenoxy) is 1. The highest BCUT2D eigenvalue weighted by Crippen LogP contribution is 2.40. The molecule has 1 unspecified atom stereocenters. The highest BCUT2D eigenvalue weighted by Gasteiger charge is 2.39. The second-order valence-electron chi connectivity index (χ2n) is 13.9. The van der Waals surface area contributed by atoms with Crippen molar-refractivity contribution in [2.24, 2.45) is 7.05 Å². The van der Waals surface area contributed by atoms with E-state index < -0.39 is 0 Å². The maximum atomic E-state index is 14.0. The number of quaternary nitrogens is 1. The number of nitrogens with zero attached hydrogens (tertiary/aromatic N) is 4. The predicted molar refractivity (Wildman–Crippen MR) is 187 cm³/mol. The lowest BCUT2D eigenvalue weighted by Gasteiger charge is -2.46. The SMILES string of the molecule is CCC[N+](C)(c1cc(-c2ccc(CN3CCOCC3)cc2)cc(C(=O)NCc2c(C)n(C)[nH]c2=O)c1C)C1CCC(N(C)C)CC1. The van der Waals surface area contributed by atoms with E-state index in [0.717, 1.165) is 85.5 Å². The fourth-order valence-electron chi connectivity index (χ4n) is 7.70. The third kappa shape index (κ3) is 7.33. The lowest BCUT2D eigenvalue weighted by atomic mass is 9.86. The quantitative estimate of drug-likeness (QED) is 0.292. The molecule has 1 aliphatic carbocycles. The molecule has 9 heteroatoms. The molecule has 5 rings (SSSR count). The Balaban J connectivity index is 1.51. The van der Waals surface area contributed by atoms with Crippen LogP contribution < -0.4 is 15.4 Å². The molecule has 1 aliphatic heterocycles. The summed E-state index contributed by atoms with van der Waals surface area (Å²) in [6.45, 7) is 11.9. The van der Waals surface area contributed by atoms with Crippen LogP contribution >= 0.6 is 0 Å². The lowest BCUT2D eigenvalue weighted by Crippen LogP contribution is -2.56. The highest BCUT2D eigenvalue weighted by molar-refractivity contribution is 5.98. The van der Waals surface area contributed by atoms with Crippen LogP contribution in [0.1, 0.15) is 71.8 Å². The molecule has 3 aromatic rings. The molecule has 1 saturated carbocycles. The average molecular weight is 632 g/mol. The summed E-state index contributed by atoms with van der Waals surface area (Å²) in [5.74, 6) is -0.147. The number of nitrogens with one attached hydrogen (secondary N) is 2. The maximum Gasteiger partial charge on any atom is 0.269 e. The summed E-state index contributed by atoms with van der Waals surface area (Å²) >= 11 is 0. The van der Waals surface area contributed by atoms with Gasteiger partial charge in [0, 0.05) is 68.5 Å². The Morgan fingerprint density at radius 1 is 1.04 bits per heavy atom. The summed E-state index contributed by atoms with van der Waals surface area (Å²) < 4.78 is 8.05. The van der Waals surface area contributed by atoms with E-state index in [9.17, 15) is 9.59 Å². The fraction of sp³-hybridized carbons (Fsp3) is 0.568. The zero-order valence-electron chi connectivity index (χ0n) is 29.1. The van der Waals surface area contributed by atoms with Crippen LogP contribution in [0.3, 0.4) is 0 Å². The number of morpholine rings is 1. The molecule has 9 nitrogen and oxygen atoms in total. The number of benzene rings is 2. The minimum Gasteiger partial charge on any atom is -0.379 e. The molecular formula is C37H55N6O3+. The molecule has 2 N–H and O–H groups in total. The number of H-pyrrole nitrogens is 1. The molecular weight excluding hydrogens is 576 g/mol. The number of hydrogen-bond donors (Lipinski definition) is 2. The standard InChI is InChI=1S/C37H54N6O3/c1-8-19-43(7,32-15-13-31(14-16-32)40(4)5)35-23-30(29-11-9-28(10-12-29)25-42-17-20-46-21-18-42)22-33(26(35)2)36(44)38-24-34-27(3)41(6)39-37(34)45/h9-12,22-23,31-32H,8,13-21,24-25H2,1-7H3,(H-,38,39,44,45)/p+1. The van der Waals surface area contributed by atoms with Crippen molar-refractivity contribution in [3.63, 3.8) is 0 Å². The summed E-state index contributed by atoms with van der Waals surface area (Å²) in [6.07, 6.45) is 5.77. The Labute approximate surface area is 275 Å². The van der Waals surface area contributed by atoms with E-state index in [4.69, 9.17) is 4.74 Å². The molecule has 1 amide bonds. The van der Waals surface area contributed by atoms with Crippen LogP contribution in [0, 0.1) is 13.8 Å². The van der Waals surface area contributed by atoms with Gasteiger partial charge in [-0.25, -0.2) is 0 Å². The van der Waals surface area contributed by atoms with E-state index in [0.29, 0.717) is 23.2 Å². The van der Waals surface area contributed by atoms with Gasteiger partial charge in [-0.2, -0.15) is 0 Å². The van der Waals surface area contributed by atoms with E-state index in [1.165, 1.54) is 24.1 Å². The molecule has 1 aromatic heterocycles. The molecule has 0 bridgehead atoms. The van der Waals surface area contributed by atoms with Gasteiger partial charge in [-0.3, -0.25) is 28.8 Å². The van der Waals surface area contributed by atoms with Gasteiger partial charge in [0.15, 0.2) is 0 Å². The molecule has 1 atom stereocenters. The van der Waals surface area contributed by atoms with Crippen LogP contribution in [0.4, 0.5) is 5.69 Å². The second kappa shape index (κ2) is 14.7. The zero-order valence-corrected chi connectivity index (χ0v) is 29.1. The van der Waals surface area contributed by atoms with Crippen LogP contribution in [0.2, 0.25) is 0 Å². The van der Waals surface area contributed by atoms with Gasteiger partial charge in [0.05, 0.1) is 45.0 Å². The van der Waals surface area contributed by atoms with Gasteiger partial charge in [0.1, 0.15) is 5.69 Å². The van der Waals surface area contributed by atoms with Crippen LogP contribution in [0.25, 0.3) is 11.1 Å². The van der Waals surface area contributed by atoms with Crippen molar-refractivity contribution >= 4 is 11.6 Å². The number of carbonyl (C=O) groups is 1. The number of rotatable bonds is 11. The van der Waals surface area contributed by atoms with Crippen molar-refractivity contribution < 1.29 is 9.53 Å². The minimum atomic E-state index is -0.163. The molecule has 2 aromatic carbocycles.